The van der Waals surface area contributed by atoms with Crippen molar-refractivity contribution in [3.05, 3.63) is 0 Å². The molecule has 5 nitrogen and oxygen atoms in total. The summed E-state index contributed by atoms with van der Waals surface area (Å²) >= 11 is 0. The molecule has 0 saturated carbocycles. The number of aliphatic carboxylic acids is 1. The van der Waals surface area contributed by atoms with Crippen LogP contribution in [0.3, 0.4) is 0 Å². The van der Waals surface area contributed by atoms with Crippen molar-refractivity contribution < 1.29 is 14.7 Å². The molecule has 0 aliphatic carbocycles. The van der Waals surface area contributed by atoms with Crippen LogP contribution in [0, 0.1) is 11.8 Å². The van der Waals surface area contributed by atoms with E-state index in [2.05, 4.69) is 27.7 Å². The van der Waals surface area contributed by atoms with E-state index in [1.54, 1.807) is 4.90 Å². The van der Waals surface area contributed by atoms with Crippen molar-refractivity contribution in [1.29, 1.82) is 0 Å². The van der Waals surface area contributed by atoms with E-state index in [4.69, 9.17) is 0 Å². The summed E-state index contributed by atoms with van der Waals surface area (Å²) in [4.78, 5) is 27.7. The van der Waals surface area contributed by atoms with E-state index < -0.39 is 11.9 Å². The van der Waals surface area contributed by atoms with E-state index in [0.717, 1.165) is 25.8 Å². The van der Waals surface area contributed by atoms with Gasteiger partial charge in [0.25, 0.3) is 0 Å². The molecular formula is C16H30N2O3. The van der Waals surface area contributed by atoms with Gasteiger partial charge in [-0.3, -0.25) is 4.79 Å². The molecule has 5 heteroatoms. The maximum absolute atomic E-state index is 12.8. The largest absolute Gasteiger partial charge is 0.481 e. The number of carboxylic acid groups (broad SMARTS) is 1. The molecule has 0 spiro atoms. The number of amides is 2. The average molecular weight is 298 g/mol. The normalized spacial score (nSPS) is 19.1. The second-order valence-electron chi connectivity index (χ2n) is 6.42. The minimum atomic E-state index is -0.787. The zero-order valence-corrected chi connectivity index (χ0v) is 13.8. The minimum absolute atomic E-state index is 0.0170. The van der Waals surface area contributed by atoms with Crippen molar-refractivity contribution in [1.82, 2.24) is 9.80 Å². The standard InChI is InChI=1S/C16H30N2O3/c1-5-14(6-2)18(10-12(3)4)16(21)17-9-7-8-13(11-17)15(19)20/h12-14H,5-11H2,1-4H3,(H,19,20). The summed E-state index contributed by atoms with van der Waals surface area (Å²) in [6.45, 7) is 10.2. The maximum Gasteiger partial charge on any atom is 0.320 e. The Balaban J connectivity index is 2.81. The lowest BCUT2D eigenvalue weighted by atomic mass is 9.98. The fourth-order valence-corrected chi connectivity index (χ4v) is 3.04. The van der Waals surface area contributed by atoms with Crippen LogP contribution in [0.1, 0.15) is 53.4 Å². The number of nitrogens with zero attached hydrogens (tertiary/aromatic N) is 2. The van der Waals surface area contributed by atoms with E-state index in [-0.39, 0.29) is 12.1 Å². The third kappa shape index (κ3) is 4.90. The van der Waals surface area contributed by atoms with Gasteiger partial charge >= 0.3 is 12.0 Å². The second-order valence-corrected chi connectivity index (χ2v) is 6.42. The lowest BCUT2D eigenvalue weighted by molar-refractivity contribution is -0.143. The van der Waals surface area contributed by atoms with Gasteiger partial charge in [-0.1, -0.05) is 27.7 Å². The molecule has 122 valence electrons. The van der Waals surface area contributed by atoms with Crippen LogP contribution in [-0.2, 0) is 4.79 Å². The molecule has 1 aliphatic heterocycles. The number of hydrogen-bond donors (Lipinski definition) is 1. The Kier molecular flexibility index (Phi) is 6.99. The molecular weight excluding hydrogens is 268 g/mol. The zero-order valence-electron chi connectivity index (χ0n) is 13.8. The van der Waals surface area contributed by atoms with E-state index in [1.165, 1.54) is 0 Å². The lowest BCUT2D eigenvalue weighted by Gasteiger charge is -2.39. The first-order valence-electron chi connectivity index (χ1n) is 8.18. The SMILES string of the molecule is CCC(CC)N(CC(C)C)C(=O)N1CCCC(C(=O)O)C1. The van der Waals surface area contributed by atoms with Crippen LogP contribution in [0.2, 0.25) is 0 Å². The van der Waals surface area contributed by atoms with Gasteiger partial charge in [-0.2, -0.15) is 0 Å². The molecule has 1 saturated heterocycles. The van der Waals surface area contributed by atoms with Gasteiger partial charge in [0.15, 0.2) is 0 Å². The number of rotatable bonds is 6. The number of carboxylic acids is 1. The summed E-state index contributed by atoms with van der Waals surface area (Å²) in [7, 11) is 0. The Bertz CT molecular complexity index is 353. The van der Waals surface area contributed by atoms with Crippen molar-refractivity contribution in [2.75, 3.05) is 19.6 Å². The van der Waals surface area contributed by atoms with Gasteiger partial charge in [0.05, 0.1) is 5.92 Å². The first-order valence-corrected chi connectivity index (χ1v) is 8.18. The minimum Gasteiger partial charge on any atom is -0.481 e. The molecule has 21 heavy (non-hydrogen) atoms. The number of urea groups is 1. The second kappa shape index (κ2) is 8.25. The van der Waals surface area contributed by atoms with Gasteiger partial charge < -0.3 is 14.9 Å². The third-order valence-electron chi connectivity index (χ3n) is 4.23. The molecule has 1 heterocycles. The van der Waals surface area contributed by atoms with Gasteiger partial charge in [0.1, 0.15) is 0 Å². The molecule has 0 aromatic heterocycles. The van der Waals surface area contributed by atoms with Crippen LogP contribution in [0.15, 0.2) is 0 Å². The molecule has 1 fully saturated rings. The number of carbonyl (C=O) groups is 2. The monoisotopic (exact) mass is 298 g/mol. The molecule has 1 unspecified atom stereocenters. The Hall–Kier alpha value is -1.26. The summed E-state index contributed by atoms with van der Waals surface area (Å²) in [5.41, 5.74) is 0. The van der Waals surface area contributed by atoms with Gasteiger partial charge in [-0.05, 0) is 31.6 Å². The van der Waals surface area contributed by atoms with Gasteiger partial charge in [0.2, 0.25) is 0 Å². The molecule has 1 rings (SSSR count). The Morgan fingerprint density at radius 2 is 1.90 bits per heavy atom. The van der Waals surface area contributed by atoms with Gasteiger partial charge in [-0.15, -0.1) is 0 Å². The predicted molar refractivity (Wildman–Crippen MR) is 83.2 cm³/mol. The van der Waals surface area contributed by atoms with Crippen LogP contribution in [-0.4, -0.2) is 52.6 Å². The zero-order chi connectivity index (χ0) is 16.0. The summed E-state index contributed by atoms with van der Waals surface area (Å²) in [6, 6.07) is 0.258. The van der Waals surface area contributed by atoms with Crippen molar-refractivity contribution in [2.45, 2.75) is 59.4 Å². The van der Waals surface area contributed by atoms with Crippen LogP contribution in [0.5, 0.6) is 0 Å². The number of carbonyl (C=O) groups excluding carboxylic acids is 1. The fourth-order valence-electron chi connectivity index (χ4n) is 3.04. The van der Waals surface area contributed by atoms with Gasteiger partial charge in [0, 0.05) is 25.7 Å². The Labute approximate surface area is 128 Å². The van der Waals surface area contributed by atoms with Crippen LogP contribution >= 0.6 is 0 Å². The van der Waals surface area contributed by atoms with Crippen LogP contribution in [0.4, 0.5) is 4.79 Å². The molecule has 2 amide bonds. The molecule has 1 atom stereocenters. The molecule has 1 aliphatic rings. The quantitative estimate of drug-likeness (QED) is 0.820. The lowest BCUT2D eigenvalue weighted by Crippen LogP contribution is -2.52. The first-order chi connectivity index (χ1) is 9.90. The molecule has 1 N–H and O–H groups in total. The van der Waals surface area contributed by atoms with Crippen molar-refractivity contribution >= 4 is 12.0 Å². The summed E-state index contributed by atoms with van der Waals surface area (Å²) in [6.07, 6.45) is 3.33. The summed E-state index contributed by atoms with van der Waals surface area (Å²) < 4.78 is 0. The van der Waals surface area contributed by atoms with E-state index in [0.29, 0.717) is 25.4 Å². The Morgan fingerprint density at radius 1 is 1.29 bits per heavy atom. The van der Waals surface area contributed by atoms with Crippen LogP contribution in [0.25, 0.3) is 0 Å². The topological polar surface area (TPSA) is 60.9 Å². The molecule has 0 aromatic rings. The highest BCUT2D eigenvalue weighted by atomic mass is 16.4. The molecule has 0 bridgehead atoms. The fraction of sp³-hybridized carbons (Fsp3) is 0.875. The van der Waals surface area contributed by atoms with Crippen molar-refractivity contribution in [3.63, 3.8) is 0 Å². The highest BCUT2D eigenvalue weighted by Crippen LogP contribution is 2.21. The van der Waals surface area contributed by atoms with E-state index in [1.807, 2.05) is 4.90 Å². The average Bonchev–Trinajstić information content (AvgIpc) is 2.46. The molecule has 0 radical (unpaired) electrons. The smallest absolute Gasteiger partial charge is 0.320 e. The van der Waals surface area contributed by atoms with Gasteiger partial charge in [-0.25, -0.2) is 4.79 Å². The Morgan fingerprint density at radius 3 is 2.38 bits per heavy atom. The summed E-state index contributed by atoms with van der Waals surface area (Å²) in [5.74, 6) is -0.787. The summed E-state index contributed by atoms with van der Waals surface area (Å²) in [5, 5.41) is 9.17. The first kappa shape index (κ1) is 17.8. The molecule has 0 aromatic carbocycles. The maximum atomic E-state index is 12.8. The predicted octanol–water partition coefficient (Wildman–Crippen LogP) is 3.05. The third-order valence-corrected chi connectivity index (χ3v) is 4.23. The van der Waals surface area contributed by atoms with Crippen molar-refractivity contribution in [2.24, 2.45) is 11.8 Å². The van der Waals surface area contributed by atoms with Crippen LogP contribution < -0.4 is 0 Å². The van der Waals surface area contributed by atoms with Crippen molar-refractivity contribution in [3.8, 4) is 0 Å². The van der Waals surface area contributed by atoms with E-state index in [9.17, 15) is 14.7 Å². The highest BCUT2D eigenvalue weighted by Gasteiger charge is 2.32. The van der Waals surface area contributed by atoms with E-state index >= 15 is 0 Å². The highest BCUT2D eigenvalue weighted by molar-refractivity contribution is 5.77. The number of likely N-dealkylation sites (tertiary alicyclic amines) is 1. The number of piperidine rings is 1. The number of hydrogen-bond acceptors (Lipinski definition) is 2.